The smallest absolute Gasteiger partial charge is 0.0422 e. The van der Waals surface area contributed by atoms with Crippen LogP contribution in [0, 0.1) is 6.92 Å². The fourth-order valence-electron chi connectivity index (χ4n) is 1.04. The van der Waals surface area contributed by atoms with Crippen molar-refractivity contribution in [3.8, 4) is 0 Å². The lowest BCUT2D eigenvalue weighted by molar-refractivity contribution is 0.721. The third kappa shape index (κ3) is 2.57. The summed E-state index contributed by atoms with van der Waals surface area (Å²) in [6.07, 6.45) is 2.67. The predicted octanol–water partition coefficient (Wildman–Crippen LogP) is 2.04. The lowest BCUT2D eigenvalue weighted by Crippen LogP contribution is -2.18. The summed E-state index contributed by atoms with van der Waals surface area (Å²) < 4.78 is 1.05. The highest BCUT2D eigenvalue weighted by Gasteiger charge is 2.01. The van der Waals surface area contributed by atoms with Gasteiger partial charge < -0.3 is 5.73 Å². The maximum Gasteiger partial charge on any atom is 0.0422 e. The van der Waals surface area contributed by atoms with Crippen LogP contribution in [0.15, 0.2) is 16.7 Å². The molecule has 66 valence electrons. The summed E-state index contributed by atoms with van der Waals surface area (Å²) in [6, 6.07) is 2.24. The summed E-state index contributed by atoms with van der Waals surface area (Å²) in [5.41, 5.74) is 7.93. The van der Waals surface area contributed by atoms with Crippen LogP contribution in [-0.4, -0.2) is 11.0 Å². The standard InChI is InChI=1S/C9H13BrN2/c1-6-3-8(4-7(2)11)12-5-9(6)10/h3,5,7H,4,11H2,1-2H3. The molecule has 0 radical (unpaired) electrons. The van der Waals surface area contributed by atoms with E-state index in [4.69, 9.17) is 5.73 Å². The molecule has 2 N–H and O–H groups in total. The Labute approximate surface area is 81.3 Å². The van der Waals surface area contributed by atoms with E-state index >= 15 is 0 Å². The largest absolute Gasteiger partial charge is 0.328 e. The van der Waals surface area contributed by atoms with Gasteiger partial charge >= 0.3 is 0 Å². The Bertz CT molecular complexity index is 271. The van der Waals surface area contributed by atoms with Crippen molar-refractivity contribution in [2.24, 2.45) is 5.73 Å². The van der Waals surface area contributed by atoms with E-state index in [0.29, 0.717) is 0 Å². The van der Waals surface area contributed by atoms with Gasteiger partial charge in [0.25, 0.3) is 0 Å². The van der Waals surface area contributed by atoms with Gasteiger partial charge in [0.05, 0.1) is 0 Å². The van der Waals surface area contributed by atoms with Crippen LogP contribution in [0.3, 0.4) is 0 Å². The maximum absolute atomic E-state index is 5.66. The van der Waals surface area contributed by atoms with E-state index in [9.17, 15) is 0 Å². The summed E-state index contributed by atoms with van der Waals surface area (Å²) in [7, 11) is 0. The quantitative estimate of drug-likeness (QED) is 0.842. The summed E-state index contributed by atoms with van der Waals surface area (Å²) in [6.45, 7) is 4.04. The molecule has 0 amide bonds. The molecule has 1 heterocycles. The molecule has 1 rings (SSSR count). The molecular weight excluding hydrogens is 216 g/mol. The minimum atomic E-state index is 0.179. The van der Waals surface area contributed by atoms with Crippen molar-refractivity contribution in [2.45, 2.75) is 26.3 Å². The molecule has 0 bridgehead atoms. The Morgan fingerprint density at radius 3 is 2.83 bits per heavy atom. The number of pyridine rings is 1. The molecule has 1 unspecified atom stereocenters. The highest BCUT2D eigenvalue weighted by Crippen LogP contribution is 2.15. The van der Waals surface area contributed by atoms with Gasteiger partial charge in [0, 0.05) is 28.8 Å². The first-order chi connectivity index (χ1) is 5.59. The average molecular weight is 229 g/mol. The second-order valence-corrected chi connectivity index (χ2v) is 3.96. The molecule has 0 aromatic carbocycles. The van der Waals surface area contributed by atoms with Gasteiger partial charge in [-0.25, -0.2) is 0 Å². The lowest BCUT2D eigenvalue weighted by atomic mass is 10.1. The number of hydrogen-bond acceptors (Lipinski definition) is 2. The predicted molar refractivity (Wildman–Crippen MR) is 54.0 cm³/mol. The van der Waals surface area contributed by atoms with Crippen LogP contribution in [0.1, 0.15) is 18.2 Å². The van der Waals surface area contributed by atoms with E-state index in [1.165, 1.54) is 5.56 Å². The molecule has 0 saturated carbocycles. The van der Waals surface area contributed by atoms with E-state index in [-0.39, 0.29) is 6.04 Å². The van der Waals surface area contributed by atoms with Crippen LogP contribution in [0.5, 0.6) is 0 Å². The van der Waals surface area contributed by atoms with Crippen molar-refractivity contribution in [1.82, 2.24) is 4.98 Å². The molecule has 0 fully saturated rings. The average Bonchev–Trinajstić information content (AvgIpc) is 1.96. The Morgan fingerprint density at radius 2 is 2.33 bits per heavy atom. The molecular formula is C9H13BrN2. The van der Waals surface area contributed by atoms with Crippen molar-refractivity contribution in [2.75, 3.05) is 0 Å². The van der Waals surface area contributed by atoms with Gasteiger partial charge in [-0.2, -0.15) is 0 Å². The third-order valence-electron chi connectivity index (χ3n) is 1.63. The van der Waals surface area contributed by atoms with Gasteiger partial charge in [0.1, 0.15) is 0 Å². The highest BCUT2D eigenvalue weighted by molar-refractivity contribution is 9.10. The number of hydrogen-bond donors (Lipinski definition) is 1. The molecule has 0 aliphatic heterocycles. The summed E-state index contributed by atoms with van der Waals surface area (Å²) in [4.78, 5) is 4.25. The minimum absolute atomic E-state index is 0.179. The zero-order chi connectivity index (χ0) is 9.14. The van der Waals surface area contributed by atoms with Crippen LogP contribution in [0.4, 0.5) is 0 Å². The van der Waals surface area contributed by atoms with E-state index in [2.05, 4.69) is 33.9 Å². The van der Waals surface area contributed by atoms with Gasteiger partial charge in [-0.3, -0.25) is 4.98 Å². The molecule has 1 atom stereocenters. The van der Waals surface area contributed by atoms with E-state index in [1.54, 1.807) is 0 Å². The molecule has 1 aromatic rings. The van der Waals surface area contributed by atoms with Crippen molar-refractivity contribution in [3.63, 3.8) is 0 Å². The number of halogens is 1. The number of rotatable bonds is 2. The third-order valence-corrected chi connectivity index (χ3v) is 2.46. The Hall–Kier alpha value is -0.410. The lowest BCUT2D eigenvalue weighted by Gasteiger charge is -2.05. The molecule has 2 nitrogen and oxygen atoms in total. The zero-order valence-corrected chi connectivity index (χ0v) is 8.93. The molecule has 3 heteroatoms. The Balaban J connectivity index is 2.82. The van der Waals surface area contributed by atoms with E-state index in [0.717, 1.165) is 16.6 Å². The first kappa shape index (κ1) is 9.68. The summed E-state index contributed by atoms with van der Waals surface area (Å²) >= 11 is 3.40. The van der Waals surface area contributed by atoms with Gasteiger partial charge in [-0.1, -0.05) is 0 Å². The molecule has 0 spiro atoms. The topological polar surface area (TPSA) is 38.9 Å². The van der Waals surface area contributed by atoms with Gasteiger partial charge in [-0.05, 0) is 41.4 Å². The van der Waals surface area contributed by atoms with Crippen molar-refractivity contribution < 1.29 is 0 Å². The zero-order valence-electron chi connectivity index (χ0n) is 7.34. The van der Waals surface area contributed by atoms with Crippen molar-refractivity contribution in [3.05, 3.63) is 28.0 Å². The van der Waals surface area contributed by atoms with Crippen molar-refractivity contribution in [1.29, 1.82) is 0 Å². The molecule has 12 heavy (non-hydrogen) atoms. The van der Waals surface area contributed by atoms with Gasteiger partial charge in [-0.15, -0.1) is 0 Å². The fourth-order valence-corrected chi connectivity index (χ4v) is 1.26. The second kappa shape index (κ2) is 4.01. The summed E-state index contributed by atoms with van der Waals surface area (Å²) in [5, 5.41) is 0. The van der Waals surface area contributed by atoms with Crippen LogP contribution in [0.2, 0.25) is 0 Å². The molecule has 0 aliphatic rings. The fraction of sp³-hybridized carbons (Fsp3) is 0.444. The van der Waals surface area contributed by atoms with E-state index < -0.39 is 0 Å². The first-order valence-electron chi connectivity index (χ1n) is 3.96. The normalized spacial score (nSPS) is 13.0. The molecule has 0 saturated heterocycles. The second-order valence-electron chi connectivity index (χ2n) is 3.11. The maximum atomic E-state index is 5.66. The minimum Gasteiger partial charge on any atom is -0.328 e. The number of nitrogens with zero attached hydrogens (tertiary/aromatic N) is 1. The van der Waals surface area contributed by atoms with Gasteiger partial charge in [0.2, 0.25) is 0 Å². The van der Waals surface area contributed by atoms with Crippen molar-refractivity contribution >= 4 is 15.9 Å². The van der Waals surface area contributed by atoms with Crippen LogP contribution in [-0.2, 0) is 6.42 Å². The van der Waals surface area contributed by atoms with E-state index in [1.807, 2.05) is 13.1 Å². The Kier molecular flexibility index (Phi) is 3.23. The SMILES string of the molecule is Cc1cc(CC(C)N)ncc1Br. The van der Waals surface area contributed by atoms with Crippen LogP contribution >= 0.6 is 15.9 Å². The number of nitrogens with two attached hydrogens (primary N) is 1. The first-order valence-corrected chi connectivity index (χ1v) is 4.75. The number of aromatic nitrogens is 1. The molecule has 0 aliphatic carbocycles. The number of aryl methyl sites for hydroxylation is 1. The van der Waals surface area contributed by atoms with Crippen LogP contribution in [0.25, 0.3) is 0 Å². The monoisotopic (exact) mass is 228 g/mol. The Morgan fingerprint density at radius 1 is 1.67 bits per heavy atom. The van der Waals surface area contributed by atoms with Gasteiger partial charge in [0.15, 0.2) is 0 Å². The summed E-state index contributed by atoms with van der Waals surface area (Å²) in [5.74, 6) is 0. The van der Waals surface area contributed by atoms with Crippen LogP contribution < -0.4 is 5.73 Å². The molecule has 1 aromatic heterocycles. The highest BCUT2D eigenvalue weighted by atomic mass is 79.9.